The highest BCUT2D eigenvalue weighted by atomic mass is 16.5. The molecule has 6 aromatic carbocycles. The third-order valence-corrected chi connectivity index (χ3v) is 16.7. The molecule has 0 amide bonds. The molecule has 0 saturated heterocycles. The van der Waals surface area contributed by atoms with E-state index >= 15 is 0 Å². The lowest BCUT2D eigenvalue weighted by atomic mass is 9.68. The van der Waals surface area contributed by atoms with E-state index in [1.807, 2.05) is 18.2 Å². The number of aromatic nitrogens is 4. The molecule has 8 heteroatoms. The molecular weight excluding hydrogens is 997 g/mol. The van der Waals surface area contributed by atoms with Gasteiger partial charge in [0.15, 0.2) is 0 Å². The predicted octanol–water partition coefficient (Wildman–Crippen LogP) is 18.1. The maximum Gasteiger partial charge on any atom is 0.306 e. The third kappa shape index (κ3) is 9.87. The molecule has 0 fully saturated rings. The molecule has 5 heterocycles. The van der Waals surface area contributed by atoms with Crippen LogP contribution in [0.5, 0.6) is 0 Å². The van der Waals surface area contributed by atoms with Crippen molar-refractivity contribution in [3.63, 3.8) is 0 Å². The summed E-state index contributed by atoms with van der Waals surface area (Å²) < 4.78 is 11.5. The molecule has 2 N–H and O–H groups in total. The second-order valence-corrected chi connectivity index (χ2v) is 26.3. The molecule has 2 aliphatic heterocycles. The summed E-state index contributed by atoms with van der Waals surface area (Å²) in [7, 11) is 2.82. The van der Waals surface area contributed by atoms with Gasteiger partial charge in [-0.15, -0.1) is 0 Å². The summed E-state index contributed by atoms with van der Waals surface area (Å²) in [5, 5.41) is 2.77. The van der Waals surface area contributed by atoms with Crippen molar-refractivity contribution in [2.45, 2.75) is 123 Å². The molecular formula is C73H74N4O4. The lowest BCUT2D eigenvalue weighted by Gasteiger charge is -2.33. The molecule has 9 aromatic rings. The Balaban J connectivity index is 1.43. The Bertz CT molecular complexity index is 4150. The van der Waals surface area contributed by atoms with Crippen LogP contribution in [0.25, 0.3) is 100 Å². The molecule has 0 spiro atoms. The first-order valence-electron chi connectivity index (χ1n) is 28.3. The Morgan fingerprint density at radius 2 is 0.827 bits per heavy atom. The van der Waals surface area contributed by atoms with Crippen molar-refractivity contribution in [2.24, 2.45) is 0 Å². The fourth-order valence-corrected chi connectivity index (χ4v) is 12.1. The van der Waals surface area contributed by atoms with Gasteiger partial charge in [0.25, 0.3) is 0 Å². The maximum absolute atomic E-state index is 14.8. The van der Waals surface area contributed by atoms with Crippen LogP contribution in [-0.4, -0.2) is 46.1 Å². The molecule has 0 aliphatic carbocycles. The number of fused-ring (bicyclic) bond motifs is 10. The van der Waals surface area contributed by atoms with E-state index in [0.717, 1.165) is 111 Å². The number of hydrogen-bond donors (Lipinski definition) is 2. The third-order valence-electron chi connectivity index (χ3n) is 16.7. The molecule has 8 nitrogen and oxygen atoms in total. The Morgan fingerprint density at radius 3 is 1.27 bits per heavy atom. The van der Waals surface area contributed by atoms with Gasteiger partial charge in [0.1, 0.15) is 0 Å². The summed E-state index contributed by atoms with van der Waals surface area (Å²) in [6, 6.07) is 52.0. The van der Waals surface area contributed by atoms with E-state index in [1.165, 1.54) is 25.3 Å². The Hall–Kier alpha value is -8.36. The number of ether oxygens (including phenoxy) is 2. The van der Waals surface area contributed by atoms with E-state index < -0.39 is 17.4 Å². The highest BCUT2D eigenvalue weighted by Gasteiger charge is 2.49. The Kier molecular flexibility index (Phi) is 13.5. The molecule has 81 heavy (non-hydrogen) atoms. The summed E-state index contributed by atoms with van der Waals surface area (Å²) in [5.74, 6) is -0.981. The van der Waals surface area contributed by atoms with Gasteiger partial charge < -0.3 is 19.4 Å². The average molecular weight is 1070 g/mol. The van der Waals surface area contributed by atoms with Crippen LogP contribution in [0.1, 0.15) is 141 Å². The maximum atomic E-state index is 14.8. The van der Waals surface area contributed by atoms with Crippen molar-refractivity contribution in [3.05, 3.63) is 190 Å². The number of hydrogen-bond acceptors (Lipinski definition) is 6. The number of methoxy groups -OCH3 is 2. The number of rotatable bonds is 8. The number of nitrogens with zero attached hydrogens (tertiary/aromatic N) is 2. The number of esters is 2. The smallest absolute Gasteiger partial charge is 0.306 e. The van der Waals surface area contributed by atoms with Crippen molar-refractivity contribution in [1.29, 1.82) is 0 Å². The molecule has 0 atom stereocenters. The number of H-pyrrole nitrogens is 2. The van der Waals surface area contributed by atoms with Gasteiger partial charge in [0.05, 0.1) is 55.1 Å². The van der Waals surface area contributed by atoms with Crippen LogP contribution in [0.3, 0.4) is 0 Å². The Morgan fingerprint density at radius 1 is 0.432 bits per heavy atom. The van der Waals surface area contributed by atoms with Gasteiger partial charge in [-0.05, 0) is 125 Å². The minimum Gasteiger partial charge on any atom is -0.469 e. The van der Waals surface area contributed by atoms with Crippen molar-refractivity contribution < 1.29 is 19.1 Å². The van der Waals surface area contributed by atoms with Gasteiger partial charge >= 0.3 is 11.9 Å². The molecule has 0 unspecified atom stereocenters. The standard InChI is InChI=1S/C73H74N4O4/c1-69(2,3)47-26-20-44(21-27-47)62-53-34-35-54(74-53)63(45-22-28-48(29-23-45)70(4,5)6)56-37-39-58(76-56)65-51-33-32-50(72(10,11)12)40-52(51)61(43-18-16-15-17-19-43)66-67(65)77-68(73(66,41-59(78)80-13)42-60(79)81-14)64(57-38-36-55(62)75-57)46-24-30-49(31-25-46)71(7,8)9/h15-40,75-76H,41-42H2,1-14H3. The van der Waals surface area contributed by atoms with Gasteiger partial charge in [0, 0.05) is 49.7 Å². The number of carbonyl (C=O) groups excluding carboxylic acids is 2. The molecule has 11 rings (SSSR count). The fourth-order valence-electron chi connectivity index (χ4n) is 12.1. The van der Waals surface area contributed by atoms with Gasteiger partial charge in [0.2, 0.25) is 0 Å². The molecule has 410 valence electrons. The Labute approximate surface area is 476 Å². The van der Waals surface area contributed by atoms with Crippen LogP contribution < -0.4 is 0 Å². The zero-order valence-electron chi connectivity index (χ0n) is 49.5. The number of nitrogens with one attached hydrogen (secondary N) is 2. The fraction of sp³-hybridized carbons (Fsp3) is 0.288. The number of aromatic amines is 2. The van der Waals surface area contributed by atoms with Gasteiger partial charge in [-0.2, -0.15) is 0 Å². The van der Waals surface area contributed by atoms with Gasteiger partial charge in [-0.25, -0.2) is 4.98 Å². The van der Waals surface area contributed by atoms with Gasteiger partial charge in [-0.3, -0.25) is 14.6 Å². The van der Waals surface area contributed by atoms with Crippen LogP contribution in [0.15, 0.2) is 146 Å². The number of benzene rings is 6. The highest BCUT2D eigenvalue weighted by molar-refractivity contribution is 6.21. The molecule has 0 saturated carbocycles. The first-order chi connectivity index (χ1) is 38.4. The monoisotopic (exact) mass is 1070 g/mol. The van der Waals surface area contributed by atoms with Crippen LogP contribution in [0.4, 0.5) is 0 Å². The van der Waals surface area contributed by atoms with Crippen molar-refractivity contribution >= 4 is 67.8 Å². The van der Waals surface area contributed by atoms with Crippen LogP contribution in [-0.2, 0) is 46.1 Å². The zero-order chi connectivity index (χ0) is 57.6. The van der Waals surface area contributed by atoms with Crippen LogP contribution in [0, 0.1) is 0 Å². The van der Waals surface area contributed by atoms with Crippen LogP contribution in [0.2, 0.25) is 0 Å². The summed E-state index contributed by atoms with van der Waals surface area (Å²) in [6.07, 6.45) is 3.83. The topological polar surface area (TPSA) is 110 Å². The summed E-state index contributed by atoms with van der Waals surface area (Å²) >= 11 is 0. The molecule has 3 aromatic heterocycles. The molecule has 0 radical (unpaired) electrons. The minimum atomic E-state index is -1.46. The number of carbonyl (C=O) groups is 2. The first-order valence-corrected chi connectivity index (χ1v) is 28.3. The summed E-state index contributed by atoms with van der Waals surface area (Å²) in [5.41, 5.74) is 16.9. The minimum absolute atomic E-state index is 0.0556. The normalized spacial score (nSPS) is 13.6. The molecule has 2 aliphatic rings. The summed E-state index contributed by atoms with van der Waals surface area (Å²) in [6.45, 7) is 26.7. The second-order valence-electron chi connectivity index (χ2n) is 26.3. The SMILES string of the molecule is COC(=O)CC1(CC(=O)OC)c2nc3c1c(-c1ccccc1)c1cc(C(C)(C)C)ccc1c3c1ccc([nH]1)c(-c1ccc(C(C)(C)C)cc1)c1nc(c(-c3ccc(C(C)(C)C)cc3)c3ccc([nH]3)c2-c2ccc(C(C)(C)C)cc2)C=C1. The largest absolute Gasteiger partial charge is 0.469 e. The highest BCUT2D eigenvalue weighted by Crippen LogP contribution is 2.56. The van der Waals surface area contributed by atoms with Crippen molar-refractivity contribution in [1.82, 2.24) is 19.9 Å². The van der Waals surface area contributed by atoms with E-state index in [0.29, 0.717) is 11.2 Å². The average Bonchev–Trinajstić information content (AvgIpc) is 2.04. The lowest BCUT2D eigenvalue weighted by Crippen LogP contribution is -2.34. The lowest BCUT2D eigenvalue weighted by molar-refractivity contribution is -0.144. The van der Waals surface area contributed by atoms with E-state index in [2.05, 4.69) is 233 Å². The van der Waals surface area contributed by atoms with Crippen LogP contribution >= 0.6 is 0 Å². The van der Waals surface area contributed by atoms with E-state index in [4.69, 9.17) is 19.4 Å². The predicted molar refractivity (Wildman–Crippen MR) is 336 cm³/mol. The van der Waals surface area contributed by atoms with Crippen molar-refractivity contribution in [2.75, 3.05) is 14.2 Å². The zero-order valence-corrected chi connectivity index (χ0v) is 49.5. The summed E-state index contributed by atoms with van der Waals surface area (Å²) in [4.78, 5) is 49.1. The van der Waals surface area contributed by atoms with E-state index in [9.17, 15) is 9.59 Å². The molecule has 8 bridgehead atoms. The van der Waals surface area contributed by atoms with Gasteiger partial charge in [-0.1, -0.05) is 198 Å². The van der Waals surface area contributed by atoms with E-state index in [-0.39, 0.29) is 34.5 Å². The van der Waals surface area contributed by atoms with Crippen molar-refractivity contribution in [3.8, 4) is 44.5 Å². The van der Waals surface area contributed by atoms with E-state index in [1.54, 1.807) is 0 Å². The second kappa shape index (κ2) is 20.0. The first kappa shape index (κ1) is 54.6. The quantitative estimate of drug-likeness (QED) is 0.147.